The molecule has 0 fully saturated rings. The molecule has 3 rings (SSSR count). The SMILES string of the molecule is Cc1cccc(Nc2nnc(SC(C)C(=O)Nc3cc(C)on3)s2)c1. The van der Waals surface area contributed by atoms with E-state index in [0.717, 1.165) is 11.3 Å². The predicted molar refractivity (Wildman–Crippen MR) is 99.6 cm³/mol. The number of carbonyl (C=O) groups excluding carboxylic acids is 1. The van der Waals surface area contributed by atoms with E-state index in [1.165, 1.54) is 23.1 Å². The van der Waals surface area contributed by atoms with E-state index in [4.69, 9.17) is 4.52 Å². The Morgan fingerprint density at radius 2 is 2.12 bits per heavy atom. The fourth-order valence-corrected chi connectivity index (χ4v) is 3.93. The highest BCUT2D eigenvalue weighted by molar-refractivity contribution is 8.02. The van der Waals surface area contributed by atoms with Gasteiger partial charge in [0.2, 0.25) is 11.0 Å². The number of hydrogen-bond acceptors (Lipinski definition) is 8. The van der Waals surface area contributed by atoms with Crippen LogP contribution in [0.25, 0.3) is 0 Å². The van der Waals surface area contributed by atoms with Gasteiger partial charge in [-0.05, 0) is 38.5 Å². The van der Waals surface area contributed by atoms with Crippen molar-refractivity contribution in [2.24, 2.45) is 0 Å². The van der Waals surface area contributed by atoms with Gasteiger partial charge in [-0.2, -0.15) is 0 Å². The maximum atomic E-state index is 12.2. The van der Waals surface area contributed by atoms with Gasteiger partial charge >= 0.3 is 0 Å². The topological polar surface area (TPSA) is 92.9 Å². The fraction of sp³-hybridized carbons (Fsp3) is 0.250. The zero-order valence-corrected chi connectivity index (χ0v) is 15.6. The van der Waals surface area contributed by atoms with Crippen molar-refractivity contribution < 1.29 is 9.32 Å². The normalized spacial score (nSPS) is 12.0. The Morgan fingerprint density at radius 1 is 1.28 bits per heavy atom. The zero-order valence-electron chi connectivity index (χ0n) is 13.9. The Balaban J connectivity index is 1.57. The molecule has 2 heterocycles. The van der Waals surface area contributed by atoms with Crippen molar-refractivity contribution in [3.63, 3.8) is 0 Å². The molecule has 0 bridgehead atoms. The molecule has 1 atom stereocenters. The molecule has 9 heteroatoms. The monoisotopic (exact) mass is 375 g/mol. The number of nitrogens with one attached hydrogen (secondary N) is 2. The molecule has 7 nitrogen and oxygen atoms in total. The van der Waals surface area contributed by atoms with E-state index >= 15 is 0 Å². The van der Waals surface area contributed by atoms with Crippen molar-refractivity contribution in [2.75, 3.05) is 10.6 Å². The van der Waals surface area contributed by atoms with Crippen LogP contribution in [0.5, 0.6) is 0 Å². The summed E-state index contributed by atoms with van der Waals surface area (Å²) in [5, 5.41) is 18.3. The van der Waals surface area contributed by atoms with Crippen LogP contribution in [0.15, 0.2) is 39.2 Å². The average molecular weight is 375 g/mol. The number of rotatable bonds is 6. The molecule has 0 aliphatic carbocycles. The van der Waals surface area contributed by atoms with Crippen LogP contribution in [0.1, 0.15) is 18.2 Å². The van der Waals surface area contributed by atoms with Crippen molar-refractivity contribution in [3.8, 4) is 0 Å². The third-order valence-corrected chi connectivity index (χ3v) is 5.22. The Bertz CT molecular complexity index is 877. The maximum absolute atomic E-state index is 12.2. The first-order chi connectivity index (χ1) is 12.0. The minimum absolute atomic E-state index is 0.165. The maximum Gasteiger partial charge on any atom is 0.238 e. The molecule has 2 N–H and O–H groups in total. The first kappa shape index (κ1) is 17.4. The van der Waals surface area contributed by atoms with E-state index in [2.05, 4.69) is 26.0 Å². The average Bonchev–Trinajstić information content (AvgIpc) is 3.16. The summed E-state index contributed by atoms with van der Waals surface area (Å²) in [7, 11) is 0. The number of aromatic nitrogens is 3. The molecule has 0 aliphatic heterocycles. The number of anilines is 3. The third-order valence-electron chi connectivity index (χ3n) is 3.20. The van der Waals surface area contributed by atoms with Crippen LogP contribution in [0.3, 0.4) is 0 Å². The third kappa shape index (κ3) is 4.80. The van der Waals surface area contributed by atoms with Crippen molar-refractivity contribution in [3.05, 3.63) is 41.7 Å². The summed E-state index contributed by atoms with van der Waals surface area (Å²) < 4.78 is 5.65. The molecule has 1 aromatic carbocycles. The first-order valence-corrected chi connectivity index (χ1v) is 9.27. The Hall–Kier alpha value is -2.39. The highest BCUT2D eigenvalue weighted by Crippen LogP contribution is 2.31. The van der Waals surface area contributed by atoms with Gasteiger partial charge in [-0.15, -0.1) is 10.2 Å². The summed E-state index contributed by atoms with van der Waals surface area (Å²) in [6.45, 7) is 5.61. The van der Waals surface area contributed by atoms with Gasteiger partial charge < -0.3 is 15.2 Å². The number of carbonyl (C=O) groups is 1. The quantitative estimate of drug-likeness (QED) is 0.629. The summed E-state index contributed by atoms with van der Waals surface area (Å²) >= 11 is 2.75. The van der Waals surface area contributed by atoms with Gasteiger partial charge in [0.25, 0.3) is 0 Å². The van der Waals surface area contributed by atoms with Crippen LogP contribution in [-0.4, -0.2) is 26.5 Å². The first-order valence-electron chi connectivity index (χ1n) is 7.57. The zero-order chi connectivity index (χ0) is 17.8. The van der Waals surface area contributed by atoms with Crippen molar-refractivity contribution >= 4 is 45.6 Å². The molecule has 0 saturated heterocycles. The Morgan fingerprint density at radius 3 is 2.84 bits per heavy atom. The molecule has 2 aromatic heterocycles. The van der Waals surface area contributed by atoms with E-state index < -0.39 is 0 Å². The molecule has 130 valence electrons. The molecule has 0 spiro atoms. The van der Waals surface area contributed by atoms with Crippen LogP contribution in [-0.2, 0) is 4.79 Å². The second kappa shape index (κ2) is 7.66. The van der Waals surface area contributed by atoms with Gasteiger partial charge in [-0.1, -0.05) is 40.4 Å². The molecule has 25 heavy (non-hydrogen) atoms. The second-order valence-electron chi connectivity index (χ2n) is 5.44. The lowest BCUT2D eigenvalue weighted by molar-refractivity contribution is -0.115. The number of aryl methyl sites for hydroxylation is 2. The summed E-state index contributed by atoms with van der Waals surface area (Å²) in [5.41, 5.74) is 2.12. The van der Waals surface area contributed by atoms with Crippen molar-refractivity contribution in [1.29, 1.82) is 0 Å². The molecule has 1 unspecified atom stereocenters. The van der Waals surface area contributed by atoms with E-state index in [-0.39, 0.29) is 11.2 Å². The molecule has 0 saturated carbocycles. The highest BCUT2D eigenvalue weighted by Gasteiger charge is 2.18. The Labute approximate surface area is 153 Å². The number of benzene rings is 1. The van der Waals surface area contributed by atoms with Crippen LogP contribution in [0.4, 0.5) is 16.6 Å². The summed E-state index contributed by atoms with van der Waals surface area (Å²) in [5.74, 6) is 0.891. The lowest BCUT2D eigenvalue weighted by atomic mass is 10.2. The molecule has 0 aliphatic rings. The van der Waals surface area contributed by atoms with E-state index in [0.29, 0.717) is 21.0 Å². The fourth-order valence-electron chi connectivity index (χ4n) is 2.01. The smallest absolute Gasteiger partial charge is 0.238 e. The number of nitrogens with zero attached hydrogens (tertiary/aromatic N) is 3. The lowest BCUT2D eigenvalue weighted by Crippen LogP contribution is -2.22. The van der Waals surface area contributed by atoms with Crippen molar-refractivity contribution in [2.45, 2.75) is 30.4 Å². The standard InChI is InChI=1S/C16H17N5O2S2/c1-9-5-4-6-12(7-9)17-15-19-20-16(25-15)24-11(3)14(22)18-13-8-10(2)23-21-13/h4-8,11H,1-3H3,(H,17,19)(H,18,21,22). The molecule has 3 aromatic rings. The summed E-state index contributed by atoms with van der Waals surface area (Å²) in [6.07, 6.45) is 0. The number of amides is 1. The van der Waals surface area contributed by atoms with Gasteiger partial charge in [0.15, 0.2) is 10.2 Å². The van der Waals surface area contributed by atoms with Crippen LogP contribution < -0.4 is 10.6 Å². The predicted octanol–water partition coefficient (Wildman–Crippen LogP) is 4.01. The van der Waals surface area contributed by atoms with Crippen LogP contribution in [0.2, 0.25) is 0 Å². The van der Waals surface area contributed by atoms with E-state index in [9.17, 15) is 4.79 Å². The number of hydrogen-bond donors (Lipinski definition) is 2. The molecule has 0 radical (unpaired) electrons. The minimum Gasteiger partial charge on any atom is -0.360 e. The van der Waals surface area contributed by atoms with Gasteiger partial charge in [0.05, 0.1) is 5.25 Å². The number of thioether (sulfide) groups is 1. The van der Waals surface area contributed by atoms with Gasteiger partial charge in [-0.25, -0.2) is 0 Å². The van der Waals surface area contributed by atoms with Crippen LogP contribution in [0, 0.1) is 13.8 Å². The second-order valence-corrected chi connectivity index (χ2v) is 8.01. The Kier molecular flexibility index (Phi) is 5.34. The highest BCUT2D eigenvalue weighted by atomic mass is 32.2. The summed E-state index contributed by atoms with van der Waals surface area (Å²) in [6, 6.07) is 9.68. The van der Waals surface area contributed by atoms with E-state index in [1.54, 1.807) is 13.0 Å². The molecular formula is C16H17N5O2S2. The van der Waals surface area contributed by atoms with Gasteiger partial charge in [0, 0.05) is 11.8 Å². The van der Waals surface area contributed by atoms with Gasteiger partial charge in [-0.3, -0.25) is 4.79 Å². The van der Waals surface area contributed by atoms with E-state index in [1.807, 2.05) is 38.1 Å². The largest absolute Gasteiger partial charge is 0.360 e. The molecular weight excluding hydrogens is 358 g/mol. The lowest BCUT2D eigenvalue weighted by Gasteiger charge is -2.07. The van der Waals surface area contributed by atoms with Crippen molar-refractivity contribution in [1.82, 2.24) is 15.4 Å². The van der Waals surface area contributed by atoms with Crippen LogP contribution >= 0.6 is 23.1 Å². The van der Waals surface area contributed by atoms with Gasteiger partial charge in [0.1, 0.15) is 5.76 Å². The minimum atomic E-state index is -0.336. The molecule has 1 amide bonds. The summed E-state index contributed by atoms with van der Waals surface area (Å²) in [4.78, 5) is 12.2.